The highest BCUT2D eigenvalue weighted by Gasteiger charge is 2.19. The molecule has 18 heavy (non-hydrogen) atoms. The van der Waals surface area contributed by atoms with Gasteiger partial charge in [0.15, 0.2) is 0 Å². The summed E-state index contributed by atoms with van der Waals surface area (Å²) in [5, 5.41) is 1.99. The first kappa shape index (κ1) is 14.1. The molecule has 0 aromatic heterocycles. The summed E-state index contributed by atoms with van der Waals surface area (Å²) in [6.07, 6.45) is 0. The topological polar surface area (TPSA) is 75.4 Å². The summed E-state index contributed by atoms with van der Waals surface area (Å²) in [7, 11) is 1.66. The fourth-order valence-corrected chi connectivity index (χ4v) is 1.46. The molecular formula is C12H16FN3O2. The number of carbonyl (C=O) groups excluding carboxylic acids is 2. The van der Waals surface area contributed by atoms with Gasteiger partial charge in [0.25, 0.3) is 0 Å². The smallest absolute Gasteiger partial charge is 0.318 e. The van der Waals surface area contributed by atoms with Gasteiger partial charge in [-0.2, -0.15) is 0 Å². The lowest BCUT2D eigenvalue weighted by Crippen LogP contribution is -2.46. The number of nitrogens with two attached hydrogens (primary N) is 1. The van der Waals surface area contributed by atoms with Crippen LogP contribution in [0.25, 0.3) is 0 Å². The highest BCUT2D eigenvalue weighted by Crippen LogP contribution is 2.10. The van der Waals surface area contributed by atoms with Crippen LogP contribution >= 0.6 is 0 Å². The molecular weight excluding hydrogens is 237 g/mol. The number of carbonyl (C=O) groups is 2. The lowest BCUT2D eigenvalue weighted by atomic mass is 10.1. The second-order valence-electron chi connectivity index (χ2n) is 4.04. The standard InChI is InChI=1S/C12H16FN3O2/c1-8(11(17)15-12(14)18)16(2)7-9-5-3-4-6-10(9)13/h3-6,8H,7H2,1-2H3,(H3,14,15,17,18)/t8-/m1/s1. The van der Waals surface area contributed by atoms with Crippen molar-refractivity contribution in [2.24, 2.45) is 5.73 Å². The molecule has 0 aliphatic carbocycles. The number of nitrogens with zero attached hydrogens (tertiary/aromatic N) is 1. The number of nitrogens with one attached hydrogen (secondary N) is 1. The Morgan fingerprint density at radius 2 is 2.06 bits per heavy atom. The fourth-order valence-electron chi connectivity index (χ4n) is 1.46. The van der Waals surface area contributed by atoms with E-state index in [1.165, 1.54) is 6.07 Å². The number of benzene rings is 1. The van der Waals surface area contributed by atoms with Crippen LogP contribution in [0.15, 0.2) is 24.3 Å². The van der Waals surface area contributed by atoms with Crippen molar-refractivity contribution in [1.82, 2.24) is 10.2 Å². The van der Waals surface area contributed by atoms with Gasteiger partial charge in [-0.15, -0.1) is 0 Å². The Morgan fingerprint density at radius 3 is 2.61 bits per heavy atom. The minimum Gasteiger partial charge on any atom is -0.351 e. The van der Waals surface area contributed by atoms with Crippen molar-refractivity contribution in [1.29, 1.82) is 0 Å². The van der Waals surface area contributed by atoms with Crippen molar-refractivity contribution < 1.29 is 14.0 Å². The van der Waals surface area contributed by atoms with E-state index in [0.29, 0.717) is 5.56 Å². The molecule has 5 nitrogen and oxygen atoms in total. The average molecular weight is 253 g/mol. The molecule has 3 N–H and O–H groups in total. The van der Waals surface area contributed by atoms with E-state index in [2.05, 4.69) is 0 Å². The van der Waals surface area contributed by atoms with E-state index in [1.807, 2.05) is 5.32 Å². The molecule has 0 saturated carbocycles. The molecule has 0 heterocycles. The first-order valence-electron chi connectivity index (χ1n) is 5.45. The Labute approximate surface area is 105 Å². The first-order chi connectivity index (χ1) is 8.41. The van der Waals surface area contributed by atoms with Gasteiger partial charge < -0.3 is 5.73 Å². The third kappa shape index (κ3) is 3.81. The van der Waals surface area contributed by atoms with E-state index in [9.17, 15) is 14.0 Å². The number of halogens is 1. The summed E-state index contributed by atoms with van der Waals surface area (Å²) in [5.41, 5.74) is 5.34. The third-order valence-electron chi connectivity index (χ3n) is 2.66. The Kier molecular flexibility index (Phi) is 4.79. The van der Waals surface area contributed by atoms with Crippen molar-refractivity contribution >= 4 is 11.9 Å². The lowest BCUT2D eigenvalue weighted by Gasteiger charge is -2.23. The van der Waals surface area contributed by atoms with Crippen LogP contribution in [0.2, 0.25) is 0 Å². The van der Waals surface area contributed by atoms with E-state index in [1.54, 1.807) is 37.1 Å². The fraction of sp³-hybridized carbons (Fsp3) is 0.333. The Bertz CT molecular complexity index is 451. The summed E-state index contributed by atoms with van der Waals surface area (Å²) in [5.74, 6) is -0.840. The summed E-state index contributed by atoms with van der Waals surface area (Å²) in [6, 6.07) is 4.84. The largest absolute Gasteiger partial charge is 0.351 e. The maximum atomic E-state index is 13.4. The number of hydrogen-bond donors (Lipinski definition) is 2. The summed E-state index contributed by atoms with van der Waals surface area (Å²) >= 11 is 0. The minimum absolute atomic E-state index is 0.264. The molecule has 0 aliphatic rings. The van der Waals surface area contributed by atoms with E-state index < -0.39 is 18.0 Å². The van der Waals surface area contributed by atoms with E-state index >= 15 is 0 Å². The summed E-state index contributed by atoms with van der Waals surface area (Å²) < 4.78 is 13.4. The second-order valence-corrected chi connectivity index (χ2v) is 4.04. The highest BCUT2D eigenvalue weighted by molar-refractivity contribution is 5.96. The third-order valence-corrected chi connectivity index (χ3v) is 2.66. The number of primary amides is 1. The Morgan fingerprint density at radius 1 is 1.44 bits per heavy atom. The monoisotopic (exact) mass is 253 g/mol. The molecule has 0 unspecified atom stereocenters. The maximum absolute atomic E-state index is 13.4. The molecule has 0 bridgehead atoms. The normalized spacial score (nSPS) is 12.2. The number of amides is 3. The van der Waals surface area contributed by atoms with Crippen LogP contribution in [0.4, 0.5) is 9.18 Å². The summed E-state index contributed by atoms with van der Waals surface area (Å²) in [4.78, 5) is 23.7. The van der Waals surface area contributed by atoms with Crippen LogP contribution in [0.1, 0.15) is 12.5 Å². The van der Waals surface area contributed by atoms with Gasteiger partial charge in [-0.25, -0.2) is 9.18 Å². The van der Waals surface area contributed by atoms with Crippen LogP contribution in [0.3, 0.4) is 0 Å². The van der Waals surface area contributed by atoms with Crippen molar-refractivity contribution in [3.05, 3.63) is 35.6 Å². The first-order valence-corrected chi connectivity index (χ1v) is 5.45. The van der Waals surface area contributed by atoms with E-state index in [4.69, 9.17) is 5.73 Å². The van der Waals surface area contributed by atoms with Crippen LogP contribution < -0.4 is 11.1 Å². The number of hydrogen-bond acceptors (Lipinski definition) is 3. The maximum Gasteiger partial charge on any atom is 0.318 e. The molecule has 6 heteroatoms. The van der Waals surface area contributed by atoms with Crippen LogP contribution in [0, 0.1) is 5.82 Å². The predicted molar refractivity (Wildman–Crippen MR) is 65.1 cm³/mol. The second kappa shape index (κ2) is 6.11. The molecule has 0 fully saturated rings. The van der Waals surface area contributed by atoms with Crippen LogP contribution in [-0.4, -0.2) is 29.9 Å². The van der Waals surface area contributed by atoms with E-state index in [-0.39, 0.29) is 12.4 Å². The predicted octanol–water partition coefficient (Wildman–Crippen LogP) is 0.841. The van der Waals surface area contributed by atoms with Gasteiger partial charge in [0.2, 0.25) is 5.91 Å². The molecule has 1 aromatic carbocycles. The zero-order chi connectivity index (χ0) is 13.7. The van der Waals surface area contributed by atoms with Gasteiger partial charge in [0, 0.05) is 12.1 Å². The lowest BCUT2D eigenvalue weighted by molar-refractivity contribution is -0.124. The minimum atomic E-state index is -0.897. The molecule has 3 amide bonds. The van der Waals surface area contributed by atoms with Crippen molar-refractivity contribution in [3.8, 4) is 0 Å². The van der Waals surface area contributed by atoms with Crippen molar-refractivity contribution in [3.63, 3.8) is 0 Å². The molecule has 0 radical (unpaired) electrons. The van der Waals surface area contributed by atoms with Gasteiger partial charge in [-0.3, -0.25) is 15.0 Å². The molecule has 1 atom stereocenters. The molecule has 1 aromatic rings. The zero-order valence-electron chi connectivity index (χ0n) is 10.3. The molecule has 0 aliphatic heterocycles. The van der Waals surface area contributed by atoms with Gasteiger partial charge >= 0.3 is 6.03 Å². The number of likely N-dealkylation sites (N-methyl/N-ethyl adjacent to an activating group) is 1. The molecule has 0 saturated heterocycles. The molecule has 0 spiro atoms. The SMILES string of the molecule is C[C@H](C(=O)NC(N)=O)N(C)Cc1ccccc1F. The quantitative estimate of drug-likeness (QED) is 0.835. The van der Waals surface area contributed by atoms with Gasteiger partial charge in [-0.05, 0) is 20.0 Å². The molecule has 98 valence electrons. The van der Waals surface area contributed by atoms with E-state index in [0.717, 1.165) is 0 Å². The number of imide groups is 1. The van der Waals surface area contributed by atoms with Crippen molar-refractivity contribution in [2.45, 2.75) is 19.5 Å². The van der Waals surface area contributed by atoms with Gasteiger partial charge in [0.1, 0.15) is 5.82 Å². The Balaban J connectivity index is 2.65. The van der Waals surface area contributed by atoms with Crippen LogP contribution in [0.5, 0.6) is 0 Å². The number of rotatable bonds is 4. The summed E-state index contributed by atoms with van der Waals surface area (Å²) in [6.45, 7) is 1.87. The van der Waals surface area contributed by atoms with Crippen LogP contribution in [-0.2, 0) is 11.3 Å². The molecule has 1 rings (SSSR count). The highest BCUT2D eigenvalue weighted by atomic mass is 19.1. The number of urea groups is 1. The zero-order valence-corrected chi connectivity index (χ0v) is 10.3. The van der Waals surface area contributed by atoms with Crippen molar-refractivity contribution in [2.75, 3.05) is 7.05 Å². The average Bonchev–Trinajstić information content (AvgIpc) is 2.30. The van der Waals surface area contributed by atoms with Gasteiger partial charge in [-0.1, -0.05) is 18.2 Å². The Hall–Kier alpha value is -1.95. The van der Waals surface area contributed by atoms with Gasteiger partial charge in [0.05, 0.1) is 6.04 Å².